The molecule has 3 heteroatoms. The topological polar surface area (TPSA) is 21.3 Å². The van der Waals surface area contributed by atoms with Gasteiger partial charge in [-0.05, 0) is 47.7 Å². The third kappa shape index (κ3) is 4.37. The van der Waals surface area contributed by atoms with E-state index in [0.717, 1.165) is 24.4 Å². The highest BCUT2D eigenvalue weighted by atomic mass is 32.1. The Morgan fingerprint density at radius 1 is 0.864 bits per heavy atom. The summed E-state index contributed by atoms with van der Waals surface area (Å²) in [6.45, 7) is 1.55. The third-order valence-electron chi connectivity index (χ3n) is 3.38. The first-order valence-corrected chi connectivity index (χ1v) is 8.31. The van der Waals surface area contributed by atoms with E-state index in [-0.39, 0.29) is 0 Å². The van der Waals surface area contributed by atoms with Gasteiger partial charge in [-0.15, -0.1) is 11.3 Å². The molecule has 22 heavy (non-hydrogen) atoms. The number of anilines is 1. The van der Waals surface area contributed by atoms with Gasteiger partial charge in [-0.25, -0.2) is 0 Å². The van der Waals surface area contributed by atoms with E-state index >= 15 is 0 Å². The molecule has 0 bridgehead atoms. The van der Waals surface area contributed by atoms with Crippen molar-refractivity contribution in [2.45, 2.75) is 13.0 Å². The molecule has 2 aromatic carbocycles. The molecule has 0 aliphatic rings. The predicted octanol–water partition coefficient (Wildman–Crippen LogP) is 4.98. The Labute approximate surface area is 135 Å². The average Bonchev–Trinajstić information content (AvgIpc) is 3.08. The fourth-order valence-electron chi connectivity index (χ4n) is 2.19. The molecule has 0 spiro atoms. The minimum atomic E-state index is 0.603. The highest BCUT2D eigenvalue weighted by Crippen LogP contribution is 2.17. The van der Waals surface area contributed by atoms with Crippen LogP contribution in [0, 0.1) is 0 Å². The van der Waals surface area contributed by atoms with Crippen LogP contribution in [0.1, 0.15) is 10.4 Å². The van der Waals surface area contributed by atoms with Gasteiger partial charge in [-0.1, -0.05) is 36.4 Å². The number of hydrogen-bond donors (Lipinski definition) is 1. The Hall–Kier alpha value is -2.26. The zero-order valence-electron chi connectivity index (χ0n) is 12.4. The van der Waals surface area contributed by atoms with Crippen molar-refractivity contribution >= 4 is 17.0 Å². The van der Waals surface area contributed by atoms with Crippen LogP contribution in [-0.4, -0.2) is 6.54 Å². The van der Waals surface area contributed by atoms with Crippen LogP contribution in [0.4, 0.5) is 5.69 Å². The second-order valence-corrected chi connectivity index (χ2v) is 6.09. The highest BCUT2D eigenvalue weighted by Gasteiger charge is 1.98. The van der Waals surface area contributed by atoms with Crippen molar-refractivity contribution in [1.82, 2.24) is 0 Å². The van der Waals surface area contributed by atoms with Crippen LogP contribution < -0.4 is 10.1 Å². The van der Waals surface area contributed by atoms with E-state index in [1.807, 2.05) is 30.3 Å². The summed E-state index contributed by atoms with van der Waals surface area (Å²) in [5.41, 5.74) is 2.31. The Morgan fingerprint density at radius 3 is 2.41 bits per heavy atom. The SMILES string of the molecule is c1ccc(COc2ccc(NCCc3cccs3)cc2)cc1. The fourth-order valence-corrected chi connectivity index (χ4v) is 2.90. The van der Waals surface area contributed by atoms with Crippen LogP contribution >= 0.6 is 11.3 Å². The molecule has 0 unspecified atom stereocenters. The highest BCUT2D eigenvalue weighted by molar-refractivity contribution is 7.09. The molecule has 0 saturated heterocycles. The molecule has 0 aliphatic heterocycles. The zero-order valence-corrected chi connectivity index (χ0v) is 13.2. The lowest BCUT2D eigenvalue weighted by Crippen LogP contribution is -2.03. The van der Waals surface area contributed by atoms with Gasteiger partial charge in [0, 0.05) is 17.1 Å². The van der Waals surface area contributed by atoms with Gasteiger partial charge in [0.2, 0.25) is 0 Å². The van der Waals surface area contributed by atoms with Gasteiger partial charge >= 0.3 is 0 Å². The van der Waals surface area contributed by atoms with Crippen LogP contribution in [0.5, 0.6) is 5.75 Å². The smallest absolute Gasteiger partial charge is 0.119 e. The Bertz CT molecular complexity index is 662. The summed E-state index contributed by atoms with van der Waals surface area (Å²) in [5.74, 6) is 0.896. The second kappa shape index (κ2) is 7.66. The van der Waals surface area contributed by atoms with Gasteiger partial charge in [0.05, 0.1) is 0 Å². The first-order valence-electron chi connectivity index (χ1n) is 7.43. The van der Waals surface area contributed by atoms with Crippen molar-refractivity contribution in [2.75, 3.05) is 11.9 Å². The summed E-state index contributed by atoms with van der Waals surface area (Å²) in [7, 11) is 0. The Kier molecular flexibility index (Phi) is 5.11. The van der Waals surface area contributed by atoms with Crippen LogP contribution in [-0.2, 0) is 13.0 Å². The summed E-state index contributed by atoms with van der Waals surface area (Å²) in [6, 6.07) is 22.6. The third-order valence-corrected chi connectivity index (χ3v) is 4.32. The monoisotopic (exact) mass is 309 g/mol. The molecule has 1 N–H and O–H groups in total. The molecular weight excluding hydrogens is 290 g/mol. The maximum atomic E-state index is 5.78. The van der Waals surface area contributed by atoms with Crippen molar-refractivity contribution < 1.29 is 4.74 Å². The summed E-state index contributed by atoms with van der Waals surface area (Å²) in [4.78, 5) is 1.41. The fraction of sp³-hybridized carbons (Fsp3) is 0.158. The van der Waals surface area contributed by atoms with E-state index in [1.165, 1.54) is 10.4 Å². The van der Waals surface area contributed by atoms with Gasteiger partial charge in [0.25, 0.3) is 0 Å². The molecule has 3 rings (SSSR count). The lowest BCUT2D eigenvalue weighted by molar-refractivity contribution is 0.306. The van der Waals surface area contributed by atoms with E-state index in [4.69, 9.17) is 4.74 Å². The molecule has 0 fully saturated rings. The number of benzene rings is 2. The minimum Gasteiger partial charge on any atom is -0.489 e. The van der Waals surface area contributed by atoms with Gasteiger partial charge in [0.1, 0.15) is 12.4 Å². The molecule has 0 aliphatic carbocycles. The van der Waals surface area contributed by atoms with E-state index < -0.39 is 0 Å². The second-order valence-electron chi connectivity index (χ2n) is 5.05. The molecule has 0 radical (unpaired) electrons. The average molecular weight is 309 g/mol. The van der Waals surface area contributed by atoms with Gasteiger partial charge < -0.3 is 10.1 Å². The van der Waals surface area contributed by atoms with Gasteiger partial charge in [0.15, 0.2) is 0 Å². The number of ether oxygens (including phenoxy) is 1. The first-order chi connectivity index (χ1) is 10.9. The Balaban J connectivity index is 1.45. The van der Waals surface area contributed by atoms with Crippen molar-refractivity contribution in [3.8, 4) is 5.75 Å². The lowest BCUT2D eigenvalue weighted by atomic mass is 10.2. The maximum absolute atomic E-state index is 5.78. The van der Waals surface area contributed by atoms with E-state index in [9.17, 15) is 0 Å². The molecule has 0 amide bonds. The molecule has 0 saturated carbocycles. The van der Waals surface area contributed by atoms with Gasteiger partial charge in [-0.2, -0.15) is 0 Å². The number of thiophene rings is 1. The normalized spacial score (nSPS) is 10.4. The lowest BCUT2D eigenvalue weighted by Gasteiger charge is -2.09. The number of hydrogen-bond acceptors (Lipinski definition) is 3. The van der Waals surface area contributed by atoms with Crippen molar-refractivity contribution in [1.29, 1.82) is 0 Å². The quantitative estimate of drug-likeness (QED) is 0.664. The molecule has 112 valence electrons. The van der Waals surface area contributed by atoms with Crippen LogP contribution in [0.15, 0.2) is 72.1 Å². The summed E-state index contributed by atoms with van der Waals surface area (Å²) in [6.07, 6.45) is 1.06. The molecule has 1 heterocycles. The predicted molar refractivity (Wildman–Crippen MR) is 93.7 cm³/mol. The molecule has 2 nitrogen and oxygen atoms in total. The molecular formula is C19H19NOS. The van der Waals surface area contributed by atoms with Crippen LogP contribution in [0.25, 0.3) is 0 Å². The zero-order chi connectivity index (χ0) is 15.0. The maximum Gasteiger partial charge on any atom is 0.119 e. The number of rotatable bonds is 7. The Morgan fingerprint density at radius 2 is 1.68 bits per heavy atom. The van der Waals surface area contributed by atoms with E-state index in [1.54, 1.807) is 11.3 Å². The van der Waals surface area contributed by atoms with E-state index in [0.29, 0.717) is 6.61 Å². The minimum absolute atomic E-state index is 0.603. The molecule has 1 aromatic heterocycles. The van der Waals surface area contributed by atoms with Crippen LogP contribution in [0.3, 0.4) is 0 Å². The molecule has 3 aromatic rings. The summed E-state index contributed by atoms with van der Waals surface area (Å²) in [5, 5.41) is 5.55. The largest absolute Gasteiger partial charge is 0.489 e. The van der Waals surface area contributed by atoms with E-state index in [2.05, 4.69) is 47.1 Å². The molecule has 0 atom stereocenters. The standard InChI is InChI=1S/C19H19NOS/c1-2-5-16(6-3-1)15-21-18-10-8-17(9-11-18)20-13-12-19-7-4-14-22-19/h1-11,14,20H,12-13,15H2. The van der Waals surface area contributed by atoms with Crippen molar-refractivity contribution in [3.05, 3.63) is 82.6 Å². The first kappa shape index (κ1) is 14.7. The van der Waals surface area contributed by atoms with Gasteiger partial charge in [-0.3, -0.25) is 0 Å². The van der Waals surface area contributed by atoms with Crippen molar-refractivity contribution in [3.63, 3.8) is 0 Å². The summed E-state index contributed by atoms with van der Waals surface area (Å²) >= 11 is 1.81. The summed E-state index contributed by atoms with van der Waals surface area (Å²) < 4.78 is 5.78. The van der Waals surface area contributed by atoms with Crippen LogP contribution in [0.2, 0.25) is 0 Å². The number of nitrogens with one attached hydrogen (secondary N) is 1. The van der Waals surface area contributed by atoms with Crippen molar-refractivity contribution in [2.24, 2.45) is 0 Å².